The van der Waals surface area contributed by atoms with E-state index in [0.29, 0.717) is 11.8 Å². The van der Waals surface area contributed by atoms with Crippen LogP contribution in [-0.4, -0.2) is 41.3 Å². The van der Waals surface area contributed by atoms with Crippen LogP contribution in [0.5, 0.6) is 5.75 Å². The monoisotopic (exact) mass is 329 g/mol. The van der Waals surface area contributed by atoms with Crippen LogP contribution in [0, 0.1) is 0 Å². The van der Waals surface area contributed by atoms with Crippen molar-refractivity contribution in [2.24, 2.45) is 0 Å². The number of fused-ring (bicyclic) bond motifs is 1. The quantitative estimate of drug-likeness (QED) is 0.859. The molecule has 0 saturated carbocycles. The van der Waals surface area contributed by atoms with E-state index in [4.69, 9.17) is 13.9 Å². The Kier molecular flexibility index (Phi) is 4.24. The molecule has 0 spiro atoms. The smallest absolute Gasteiger partial charge is 0.254 e. The molecule has 2 atom stereocenters. The summed E-state index contributed by atoms with van der Waals surface area (Å²) >= 11 is 0. The van der Waals surface area contributed by atoms with Crippen LogP contribution in [0.4, 0.5) is 0 Å². The molecule has 0 N–H and O–H groups in total. The van der Waals surface area contributed by atoms with E-state index < -0.39 is 0 Å². The molecule has 1 saturated heterocycles. The molecule has 0 amide bonds. The van der Waals surface area contributed by atoms with E-state index in [9.17, 15) is 0 Å². The maximum absolute atomic E-state index is 5.89. The molecule has 4 rings (SSSR count). The minimum atomic E-state index is -0.167. The molecule has 24 heavy (non-hydrogen) atoms. The van der Waals surface area contributed by atoms with Crippen LogP contribution in [0.25, 0.3) is 0 Å². The topological polar surface area (TPSA) is 60.6 Å². The standard InChI is InChI=1S/C18H23N3O3/c1-12-9-21(2)10-16(23-12)18-20-19-17(24-18)11-22-15-7-6-13-4-3-5-14(13)8-15/h6-8,12,16H,3-5,9-11H2,1-2H3/t12-,16-/m1/s1. The molecule has 0 unspecified atom stereocenters. The molecule has 1 aromatic heterocycles. The maximum Gasteiger partial charge on any atom is 0.254 e. The van der Waals surface area contributed by atoms with Crippen LogP contribution in [-0.2, 0) is 24.2 Å². The van der Waals surface area contributed by atoms with Gasteiger partial charge in [0, 0.05) is 13.1 Å². The zero-order chi connectivity index (χ0) is 16.5. The number of aryl methyl sites for hydroxylation is 2. The molecule has 1 aromatic carbocycles. The minimum Gasteiger partial charge on any atom is -0.484 e. The summed E-state index contributed by atoms with van der Waals surface area (Å²) in [5, 5.41) is 8.22. The van der Waals surface area contributed by atoms with Gasteiger partial charge >= 0.3 is 0 Å². The van der Waals surface area contributed by atoms with Gasteiger partial charge in [-0.3, -0.25) is 0 Å². The molecular formula is C18H23N3O3. The van der Waals surface area contributed by atoms with Crippen molar-refractivity contribution in [2.75, 3.05) is 20.1 Å². The Labute approximate surface area is 141 Å². The first-order valence-corrected chi connectivity index (χ1v) is 8.58. The minimum absolute atomic E-state index is 0.159. The summed E-state index contributed by atoms with van der Waals surface area (Å²) in [4.78, 5) is 2.21. The van der Waals surface area contributed by atoms with Gasteiger partial charge in [-0.15, -0.1) is 10.2 Å². The second kappa shape index (κ2) is 6.53. The van der Waals surface area contributed by atoms with E-state index in [1.54, 1.807) is 0 Å². The number of aromatic nitrogens is 2. The molecular weight excluding hydrogens is 306 g/mol. The fourth-order valence-corrected chi connectivity index (χ4v) is 3.54. The third-order valence-corrected chi connectivity index (χ3v) is 4.63. The number of nitrogens with zero attached hydrogens (tertiary/aromatic N) is 3. The molecule has 6 heteroatoms. The molecule has 6 nitrogen and oxygen atoms in total. The number of benzene rings is 1. The Morgan fingerprint density at radius 3 is 2.96 bits per heavy atom. The zero-order valence-corrected chi connectivity index (χ0v) is 14.2. The maximum atomic E-state index is 5.89. The summed E-state index contributed by atoms with van der Waals surface area (Å²) in [5.41, 5.74) is 2.83. The van der Waals surface area contributed by atoms with Crippen molar-refractivity contribution in [3.05, 3.63) is 41.1 Å². The molecule has 2 heterocycles. The second-order valence-corrected chi connectivity index (χ2v) is 6.76. The van der Waals surface area contributed by atoms with E-state index in [-0.39, 0.29) is 18.8 Å². The first kappa shape index (κ1) is 15.6. The van der Waals surface area contributed by atoms with E-state index in [1.807, 2.05) is 6.07 Å². The number of likely N-dealkylation sites (N-methyl/N-ethyl adjacent to an activating group) is 1. The lowest BCUT2D eigenvalue weighted by atomic mass is 10.1. The first-order valence-electron chi connectivity index (χ1n) is 8.58. The highest BCUT2D eigenvalue weighted by atomic mass is 16.5. The lowest BCUT2D eigenvalue weighted by molar-refractivity contribution is -0.0827. The highest BCUT2D eigenvalue weighted by Gasteiger charge is 2.28. The van der Waals surface area contributed by atoms with E-state index in [2.05, 4.69) is 41.2 Å². The third kappa shape index (κ3) is 3.30. The Bertz CT molecular complexity index is 705. The summed E-state index contributed by atoms with van der Waals surface area (Å²) in [5.74, 6) is 1.87. The Hall–Kier alpha value is -1.92. The number of morpholine rings is 1. The van der Waals surface area contributed by atoms with Crippen LogP contribution < -0.4 is 4.74 Å². The van der Waals surface area contributed by atoms with Gasteiger partial charge in [0.2, 0.25) is 5.89 Å². The molecule has 1 aliphatic carbocycles. The van der Waals surface area contributed by atoms with Crippen molar-refractivity contribution in [1.29, 1.82) is 0 Å². The van der Waals surface area contributed by atoms with E-state index in [0.717, 1.165) is 25.3 Å². The molecule has 128 valence electrons. The summed E-state index contributed by atoms with van der Waals surface area (Å²) in [6.45, 7) is 4.01. The summed E-state index contributed by atoms with van der Waals surface area (Å²) in [7, 11) is 2.07. The predicted molar refractivity (Wildman–Crippen MR) is 87.9 cm³/mol. The predicted octanol–water partition coefficient (Wildman–Crippen LogP) is 2.53. The van der Waals surface area contributed by atoms with Gasteiger partial charge in [-0.1, -0.05) is 6.07 Å². The van der Waals surface area contributed by atoms with Crippen molar-refractivity contribution in [3.8, 4) is 5.75 Å². The highest BCUT2D eigenvalue weighted by Crippen LogP contribution is 2.27. The van der Waals surface area contributed by atoms with Crippen LogP contribution in [0.15, 0.2) is 22.6 Å². The molecule has 2 aromatic rings. The van der Waals surface area contributed by atoms with Crippen molar-refractivity contribution < 1.29 is 13.9 Å². The fraction of sp³-hybridized carbons (Fsp3) is 0.556. The lowest BCUT2D eigenvalue weighted by Gasteiger charge is -2.32. The SMILES string of the molecule is C[C@@H]1CN(C)C[C@H](c2nnc(COc3ccc4c(c3)CCC4)o2)O1. The van der Waals surface area contributed by atoms with Crippen molar-refractivity contribution in [3.63, 3.8) is 0 Å². The first-order chi connectivity index (χ1) is 11.7. The highest BCUT2D eigenvalue weighted by molar-refractivity contribution is 5.38. The largest absolute Gasteiger partial charge is 0.484 e. The normalized spacial score (nSPS) is 24.1. The Morgan fingerprint density at radius 2 is 2.08 bits per heavy atom. The summed E-state index contributed by atoms with van der Waals surface area (Å²) < 4.78 is 17.4. The Balaban J connectivity index is 1.38. The van der Waals surface area contributed by atoms with Crippen molar-refractivity contribution in [2.45, 2.75) is 45.0 Å². The summed E-state index contributed by atoms with van der Waals surface area (Å²) in [6.07, 6.45) is 3.55. The number of rotatable bonds is 4. The van der Waals surface area contributed by atoms with Crippen molar-refractivity contribution in [1.82, 2.24) is 15.1 Å². The number of hydrogen-bond donors (Lipinski definition) is 0. The van der Waals surface area contributed by atoms with Crippen molar-refractivity contribution >= 4 is 0 Å². The van der Waals surface area contributed by atoms with E-state index in [1.165, 1.54) is 24.0 Å². The van der Waals surface area contributed by atoms with Crippen LogP contribution in [0.1, 0.15) is 42.4 Å². The molecule has 0 bridgehead atoms. The molecule has 1 aliphatic heterocycles. The van der Waals surface area contributed by atoms with Gasteiger partial charge in [-0.05, 0) is 56.5 Å². The molecule has 1 fully saturated rings. The summed E-state index contributed by atoms with van der Waals surface area (Å²) in [6, 6.07) is 6.30. The average Bonchev–Trinajstić information content (AvgIpc) is 3.20. The average molecular weight is 329 g/mol. The van der Waals surface area contributed by atoms with Gasteiger partial charge < -0.3 is 18.8 Å². The number of hydrogen-bond acceptors (Lipinski definition) is 6. The van der Waals surface area contributed by atoms with Crippen LogP contribution in [0.3, 0.4) is 0 Å². The Morgan fingerprint density at radius 1 is 1.21 bits per heavy atom. The van der Waals surface area contributed by atoms with Crippen LogP contribution in [0.2, 0.25) is 0 Å². The van der Waals surface area contributed by atoms with Gasteiger partial charge in [0.1, 0.15) is 11.9 Å². The van der Waals surface area contributed by atoms with Gasteiger partial charge in [-0.25, -0.2) is 0 Å². The third-order valence-electron chi connectivity index (χ3n) is 4.63. The second-order valence-electron chi connectivity index (χ2n) is 6.76. The van der Waals surface area contributed by atoms with Gasteiger partial charge in [0.15, 0.2) is 6.61 Å². The van der Waals surface area contributed by atoms with Gasteiger partial charge in [0.25, 0.3) is 5.89 Å². The van der Waals surface area contributed by atoms with Gasteiger partial charge in [0.05, 0.1) is 6.10 Å². The van der Waals surface area contributed by atoms with Crippen LogP contribution >= 0.6 is 0 Å². The zero-order valence-electron chi connectivity index (χ0n) is 14.2. The van der Waals surface area contributed by atoms with E-state index >= 15 is 0 Å². The number of ether oxygens (including phenoxy) is 2. The fourth-order valence-electron chi connectivity index (χ4n) is 3.54. The lowest BCUT2D eigenvalue weighted by Crippen LogP contribution is -2.40. The van der Waals surface area contributed by atoms with Gasteiger partial charge in [-0.2, -0.15) is 0 Å². The molecule has 2 aliphatic rings. The molecule has 0 radical (unpaired) electrons.